The first-order chi connectivity index (χ1) is 16.7. The Bertz CT molecular complexity index is 1130. The number of hydrogen-bond acceptors (Lipinski definition) is 5. The Kier molecular flexibility index (Phi) is 6.51. The fraction of sp³-hybridized carbons (Fsp3) is 0.583. The second kappa shape index (κ2) is 8.93. The molecular formula is C24H27ClF3N3O5. The molecular weight excluding hydrogens is 503 g/mol. The number of ether oxygens (including phenoxy) is 1. The summed E-state index contributed by atoms with van der Waals surface area (Å²) < 4.78 is 44.4. The van der Waals surface area contributed by atoms with E-state index in [9.17, 15) is 32.3 Å². The van der Waals surface area contributed by atoms with Gasteiger partial charge in [-0.2, -0.15) is 13.2 Å². The number of carbonyl (C=O) groups is 4. The topological polar surface area (TPSA) is 96.0 Å². The Balaban J connectivity index is 1.46. The van der Waals surface area contributed by atoms with Crippen LogP contribution in [0.5, 0.6) is 0 Å². The van der Waals surface area contributed by atoms with Gasteiger partial charge in [0.25, 0.3) is 5.91 Å². The molecule has 1 aliphatic carbocycles. The van der Waals surface area contributed by atoms with Crippen LogP contribution in [0.1, 0.15) is 56.2 Å². The molecule has 0 radical (unpaired) electrons. The van der Waals surface area contributed by atoms with Crippen molar-refractivity contribution in [2.45, 2.75) is 64.3 Å². The number of hydrogen-bond donors (Lipinski definition) is 1. The summed E-state index contributed by atoms with van der Waals surface area (Å²) >= 11 is 5.81. The van der Waals surface area contributed by atoms with E-state index in [-0.39, 0.29) is 44.3 Å². The van der Waals surface area contributed by atoms with Crippen molar-refractivity contribution in [2.24, 2.45) is 11.3 Å². The van der Waals surface area contributed by atoms with E-state index in [1.54, 1.807) is 13.8 Å². The van der Waals surface area contributed by atoms with Crippen LogP contribution in [0.15, 0.2) is 12.1 Å². The zero-order valence-electron chi connectivity index (χ0n) is 20.1. The molecule has 1 N–H and O–H groups in total. The summed E-state index contributed by atoms with van der Waals surface area (Å²) in [5.74, 6) is -1.51. The Morgan fingerprint density at radius 1 is 1.17 bits per heavy atom. The van der Waals surface area contributed by atoms with Gasteiger partial charge in [0.2, 0.25) is 5.91 Å². The van der Waals surface area contributed by atoms with Crippen LogP contribution in [-0.4, -0.2) is 52.8 Å². The van der Waals surface area contributed by atoms with Gasteiger partial charge in [0.05, 0.1) is 23.1 Å². The summed E-state index contributed by atoms with van der Waals surface area (Å²) in [5, 5.41) is 2.36. The summed E-state index contributed by atoms with van der Waals surface area (Å²) in [7, 11) is 1.23. The molecule has 0 bridgehead atoms. The number of esters is 1. The van der Waals surface area contributed by atoms with E-state index in [2.05, 4.69) is 5.32 Å². The Hall–Kier alpha value is -2.82. The number of fused-ring (bicyclic) bond motifs is 1. The average molecular weight is 530 g/mol. The molecule has 1 aromatic rings. The van der Waals surface area contributed by atoms with Gasteiger partial charge in [0.15, 0.2) is 0 Å². The lowest BCUT2D eigenvalue weighted by Crippen LogP contribution is -2.50. The van der Waals surface area contributed by atoms with E-state index >= 15 is 0 Å². The van der Waals surface area contributed by atoms with Crippen molar-refractivity contribution >= 4 is 35.4 Å². The van der Waals surface area contributed by atoms with Crippen LogP contribution in [-0.2, 0) is 38.4 Å². The van der Waals surface area contributed by atoms with Crippen LogP contribution in [0.2, 0.25) is 5.02 Å². The fourth-order valence-corrected chi connectivity index (χ4v) is 5.32. The van der Waals surface area contributed by atoms with Gasteiger partial charge in [0.1, 0.15) is 5.54 Å². The van der Waals surface area contributed by atoms with Crippen molar-refractivity contribution in [1.29, 1.82) is 0 Å². The number of nitrogens with one attached hydrogen (secondary N) is 1. The van der Waals surface area contributed by atoms with Gasteiger partial charge in [-0.05, 0) is 62.3 Å². The number of imide groups is 1. The molecule has 1 aromatic carbocycles. The van der Waals surface area contributed by atoms with E-state index in [1.807, 2.05) is 0 Å². The van der Waals surface area contributed by atoms with Crippen molar-refractivity contribution in [3.63, 3.8) is 0 Å². The molecule has 196 valence electrons. The van der Waals surface area contributed by atoms with Gasteiger partial charge < -0.3 is 15.0 Å². The van der Waals surface area contributed by atoms with Crippen molar-refractivity contribution in [3.05, 3.63) is 33.8 Å². The van der Waals surface area contributed by atoms with Crippen molar-refractivity contribution in [3.8, 4) is 0 Å². The second-order valence-electron chi connectivity index (χ2n) is 10.3. The highest BCUT2D eigenvalue weighted by Crippen LogP contribution is 2.46. The van der Waals surface area contributed by atoms with Crippen LogP contribution in [0.3, 0.4) is 0 Å². The van der Waals surface area contributed by atoms with Gasteiger partial charge in [-0.1, -0.05) is 11.6 Å². The second-order valence-corrected chi connectivity index (χ2v) is 10.7. The minimum absolute atomic E-state index is 0.00456. The molecule has 0 spiro atoms. The summed E-state index contributed by atoms with van der Waals surface area (Å²) in [6.45, 7) is 3.09. The van der Waals surface area contributed by atoms with Crippen molar-refractivity contribution in [2.75, 3.05) is 13.7 Å². The van der Waals surface area contributed by atoms with Crippen molar-refractivity contribution in [1.82, 2.24) is 15.1 Å². The molecule has 0 aromatic heterocycles. The predicted molar refractivity (Wildman–Crippen MR) is 121 cm³/mol. The fourth-order valence-electron chi connectivity index (χ4n) is 5.03. The van der Waals surface area contributed by atoms with Crippen LogP contribution in [0, 0.1) is 11.3 Å². The summed E-state index contributed by atoms with van der Waals surface area (Å²) in [5.41, 5.74) is -2.40. The number of benzene rings is 1. The maximum absolute atomic E-state index is 13.4. The normalized spacial score (nSPS) is 22.1. The number of carbonyl (C=O) groups excluding carboxylic acids is 4. The Labute approximate surface area is 211 Å². The maximum atomic E-state index is 13.4. The summed E-state index contributed by atoms with van der Waals surface area (Å²) in [6.07, 6.45) is -3.21. The number of amides is 4. The molecule has 2 aliphatic heterocycles. The third-order valence-electron chi connectivity index (χ3n) is 7.17. The number of halogens is 4. The third kappa shape index (κ3) is 4.65. The highest BCUT2D eigenvalue weighted by molar-refractivity contribution is 6.31. The van der Waals surface area contributed by atoms with Crippen LogP contribution < -0.4 is 5.32 Å². The molecule has 1 saturated heterocycles. The summed E-state index contributed by atoms with van der Waals surface area (Å²) in [4.78, 5) is 53.7. The van der Waals surface area contributed by atoms with Crippen LogP contribution in [0.4, 0.5) is 18.0 Å². The third-order valence-corrected chi connectivity index (χ3v) is 7.48. The monoisotopic (exact) mass is 529 g/mol. The van der Waals surface area contributed by atoms with Gasteiger partial charge in [0, 0.05) is 26.1 Å². The zero-order valence-corrected chi connectivity index (χ0v) is 20.9. The first-order valence-corrected chi connectivity index (χ1v) is 12.0. The SMILES string of the molecule is COC(=O)C(C)(C)CN1C(=O)N[C@@](CCC(=O)N2Cc3cc(Cl)c(C(F)(F)F)cc3C2)(C2CC2)C1=O. The minimum atomic E-state index is -4.60. The van der Waals surface area contributed by atoms with Gasteiger partial charge in [-0.3, -0.25) is 19.3 Å². The maximum Gasteiger partial charge on any atom is 0.417 e. The molecule has 36 heavy (non-hydrogen) atoms. The highest BCUT2D eigenvalue weighted by Gasteiger charge is 2.59. The quantitative estimate of drug-likeness (QED) is 0.427. The smallest absolute Gasteiger partial charge is 0.417 e. The molecule has 2 heterocycles. The molecule has 2 fully saturated rings. The lowest BCUT2D eigenvalue weighted by Gasteiger charge is -2.29. The Morgan fingerprint density at radius 3 is 2.33 bits per heavy atom. The molecule has 1 atom stereocenters. The first kappa shape index (κ1) is 26.2. The highest BCUT2D eigenvalue weighted by atomic mass is 35.5. The average Bonchev–Trinajstić information content (AvgIpc) is 3.52. The number of nitrogens with zero attached hydrogens (tertiary/aromatic N) is 2. The van der Waals surface area contributed by atoms with Gasteiger partial charge in [-0.25, -0.2) is 4.79 Å². The molecule has 4 amide bonds. The van der Waals surface area contributed by atoms with E-state index in [0.29, 0.717) is 24.0 Å². The zero-order chi connectivity index (χ0) is 26.6. The van der Waals surface area contributed by atoms with Crippen molar-refractivity contribution < 1.29 is 37.1 Å². The molecule has 3 aliphatic rings. The van der Waals surface area contributed by atoms with E-state index in [0.717, 1.165) is 11.0 Å². The molecule has 1 saturated carbocycles. The van der Waals surface area contributed by atoms with E-state index in [4.69, 9.17) is 16.3 Å². The minimum Gasteiger partial charge on any atom is -0.469 e. The first-order valence-electron chi connectivity index (χ1n) is 11.6. The van der Waals surface area contributed by atoms with Gasteiger partial charge >= 0.3 is 18.2 Å². The van der Waals surface area contributed by atoms with Crippen LogP contribution in [0.25, 0.3) is 0 Å². The molecule has 12 heteroatoms. The Morgan fingerprint density at radius 2 is 1.78 bits per heavy atom. The number of alkyl halides is 3. The number of rotatable bonds is 7. The molecule has 8 nitrogen and oxygen atoms in total. The van der Waals surface area contributed by atoms with Crippen LogP contribution >= 0.6 is 11.6 Å². The number of urea groups is 1. The summed E-state index contributed by atoms with van der Waals surface area (Å²) in [6, 6.07) is 1.58. The molecule has 4 rings (SSSR count). The lowest BCUT2D eigenvalue weighted by molar-refractivity contribution is -0.152. The molecule has 0 unspecified atom stereocenters. The standard InChI is InChI=1S/C24H27ClF3N3O5/c1-22(2,20(34)36-3)12-31-19(33)23(15-4-5-15,29-21(31)35)7-6-18(32)30-10-13-8-16(24(26,27)28)17(25)9-14(13)11-30/h8-9,15H,4-7,10-12H2,1-3H3,(H,29,35)/t23-/m0/s1. The van der Waals surface area contributed by atoms with E-state index in [1.165, 1.54) is 18.1 Å². The largest absolute Gasteiger partial charge is 0.469 e. The number of methoxy groups -OCH3 is 1. The van der Waals surface area contributed by atoms with Gasteiger partial charge in [-0.15, -0.1) is 0 Å². The van der Waals surface area contributed by atoms with E-state index < -0.39 is 45.6 Å². The lowest BCUT2D eigenvalue weighted by atomic mass is 9.86. The predicted octanol–water partition coefficient (Wildman–Crippen LogP) is 3.88.